The fraction of sp³-hybridized carbons (Fsp3) is 0.286. The fourth-order valence-electron chi connectivity index (χ4n) is 2.85. The van der Waals surface area contributed by atoms with Crippen molar-refractivity contribution in [2.45, 2.75) is 6.92 Å². The lowest BCUT2D eigenvalue weighted by molar-refractivity contribution is 0.104. The third-order valence-electron chi connectivity index (χ3n) is 4.23. The molecule has 148 valence electrons. The quantitative estimate of drug-likeness (QED) is 0.506. The predicted octanol–water partition coefficient (Wildman–Crippen LogP) is 4.35. The van der Waals surface area contributed by atoms with Gasteiger partial charge in [0.25, 0.3) is 0 Å². The van der Waals surface area contributed by atoms with Crippen LogP contribution < -0.4 is 23.8 Å². The number of benzene rings is 2. The van der Waals surface area contributed by atoms with Crippen molar-refractivity contribution < 1.29 is 23.7 Å². The molecule has 0 saturated heterocycles. The smallest absolute Gasteiger partial charge is 0.231 e. The first kappa shape index (κ1) is 19.9. The molecule has 0 saturated carbocycles. The van der Waals surface area contributed by atoms with Crippen molar-refractivity contribution in [2.75, 3.05) is 39.5 Å². The van der Waals surface area contributed by atoms with Crippen LogP contribution in [-0.4, -0.2) is 40.4 Å². The first-order chi connectivity index (χ1) is 13.4. The van der Waals surface area contributed by atoms with Gasteiger partial charge in [-0.15, -0.1) is 0 Å². The van der Waals surface area contributed by atoms with E-state index in [-0.39, 0.29) is 17.6 Å². The number of halogens is 1. The molecule has 7 heteroatoms. The lowest BCUT2D eigenvalue weighted by Gasteiger charge is -2.18. The number of fused-ring (bicyclic) bond motifs is 1. The minimum atomic E-state index is -0.299. The highest BCUT2D eigenvalue weighted by Gasteiger charge is 2.19. The Bertz CT molecular complexity index is 923. The number of hydrogen-bond donors (Lipinski definition) is 0. The zero-order valence-corrected chi connectivity index (χ0v) is 17.0. The maximum atomic E-state index is 12.9. The molecule has 0 unspecified atom stereocenters. The Kier molecular flexibility index (Phi) is 5.99. The lowest BCUT2D eigenvalue weighted by atomic mass is 10.1. The summed E-state index contributed by atoms with van der Waals surface area (Å²) in [5, 5.41) is 0.0611. The maximum absolute atomic E-state index is 12.9. The molecule has 6 nitrogen and oxygen atoms in total. The Morgan fingerprint density at radius 2 is 1.89 bits per heavy atom. The lowest BCUT2D eigenvalue weighted by Crippen LogP contribution is -2.12. The van der Waals surface area contributed by atoms with E-state index in [1.54, 1.807) is 43.5 Å². The largest absolute Gasteiger partial charge is 0.496 e. The number of hydrogen-bond acceptors (Lipinski definition) is 6. The minimum Gasteiger partial charge on any atom is -0.496 e. The number of anilines is 1. The van der Waals surface area contributed by atoms with Crippen molar-refractivity contribution in [1.82, 2.24) is 0 Å². The van der Waals surface area contributed by atoms with Gasteiger partial charge in [-0.1, -0.05) is 11.6 Å². The highest BCUT2D eigenvalue weighted by Crippen LogP contribution is 2.39. The molecular formula is C21H22ClNO5. The van der Waals surface area contributed by atoms with Crippen LogP contribution >= 0.6 is 11.6 Å². The van der Waals surface area contributed by atoms with Gasteiger partial charge in [-0.05, 0) is 37.3 Å². The van der Waals surface area contributed by atoms with Crippen LogP contribution in [0.3, 0.4) is 0 Å². The second kappa shape index (κ2) is 8.44. The van der Waals surface area contributed by atoms with Crippen LogP contribution in [0.1, 0.15) is 22.8 Å². The molecule has 0 atom stereocenters. The summed E-state index contributed by atoms with van der Waals surface area (Å²) < 4.78 is 21.7. The number of allylic oxidation sites excluding steroid dienone is 1. The number of rotatable bonds is 7. The van der Waals surface area contributed by atoms with Gasteiger partial charge in [0.2, 0.25) is 12.6 Å². The third-order valence-corrected chi connectivity index (χ3v) is 4.51. The molecule has 0 bridgehead atoms. The topological polar surface area (TPSA) is 57.2 Å². The number of ether oxygens (including phenoxy) is 4. The highest BCUT2D eigenvalue weighted by molar-refractivity contribution is 6.47. The zero-order chi connectivity index (χ0) is 20.3. The third kappa shape index (κ3) is 4.02. The fourth-order valence-corrected chi connectivity index (χ4v) is 3.08. The van der Waals surface area contributed by atoms with E-state index in [4.69, 9.17) is 30.5 Å². The second-order valence-corrected chi connectivity index (χ2v) is 6.69. The number of carbonyl (C=O) groups excluding carboxylic acids is 1. The molecule has 2 aromatic rings. The number of nitrogens with zero attached hydrogens (tertiary/aromatic N) is 1. The van der Waals surface area contributed by atoms with Crippen LogP contribution in [0.5, 0.6) is 23.0 Å². The Morgan fingerprint density at radius 3 is 2.54 bits per heavy atom. The summed E-state index contributed by atoms with van der Waals surface area (Å²) in [6.07, 6.45) is 1.57. The van der Waals surface area contributed by atoms with Crippen LogP contribution in [0, 0.1) is 0 Å². The Balaban J connectivity index is 1.94. The van der Waals surface area contributed by atoms with Crippen LogP contribution in [-0.2, 0) is 0 Å². The van der Waals surface area contributed by atoms with Crippen molar-refractivity contribution >= 4 is 29.1 Å². The summed E-state index contributed by atoms with van der Waals surface area (Å²) in [5.41, 5.74) is 1.90. The van der Waals surface area contributed by atoms with E-state index in [2.05, 4.69) is 0 Å². The Labute approximate surface area is 169 Å². The van der Waals surface area contributed by atoms with E-state index in [0.717, 1.165) is 5.69 Å². The minimum absolute atomic E-state index is 0.0611. The number of Topliss-reactive ketones (excluding diaryl/α,β-unsaturated/α-hetero) is 1. The number of methoxy groups -OCH3 is 1. The first-order valence-electron chi connectivity index (χ1n) is 8.78. The molecule has 0 amide bonds. The zero-order valence-electron chi connectivity index (χ0n) is 16.2. The summed E-state index contributed by atoms with van der Waals surface area (Å²) in [6.45, 7) is 2.60. The highest BCUT2D eigenvalue weighted by atomic mass is 35.5. The van der Waals surface area contributed by atoms with Crippen LogP contribution in [0.2, 0.25) is 0 Å². The Morgan fingerprint density at radius 1 is 1.18 bits per heavy atom. The maximum Gasteiger partial charge on any atom is 0.231 e. The molecule has 0 aliphatic carbocycles. The Hall–Kier alpha value is -2.86. The van der Waals surface area contributed by atoms with Gasteiger partial charge in [0.1, 0.15) is 11.5 Å². The molecule has 1 aliphatic rings. The summed E-state index contributed by atoms with van der Waals surface area (Å²) >= 11 is 6.35. The molecule has 0 aromatic heterocycles. The molecule has 28 heavy (non-hydrogen) atoms. The monoisotopic (exact) mass is 403 g/mol. The van der Waals surface area contributed by atoms with Crippen molar-refractivity contribution in [3.63, 3.8) is 0 Å². The second-order valence-electron chi connectivity index (χ2n) is 6.28. The number of carbonyl (C=O) groups is 1. The molecule has 3 rings (SSSR count). The van der Waals surface area contributed by atoms with Crippen molar-refractivity contribution in [2.24, 2.45) is 0 Å². The molecule has 0 fully saturated rings. The standard InChI is InChI=1S/C21H22ClNO5/c1-5-26-17-7-6-13(9-16(17)23(2)3)21(24)15(22)8-14-10-19-20(28-12-27-19)11-18(14)25-4/h6-11H,5,12H2,1-4H3/b15-8+. The van der Waals surface area contributed by atoms with E-state index < -0.39 is 0 Å². The van der Waals surface area contributed by atoms with E-state index in [1.807, 2.05) is 25.9 Å². The molecule has 1 aliphatic heterocycles. The summed E-state index contributed by atoms with van der Waals surface area (Å²) in [6, 6.07) is 8.69. The van der Waals surface area contributed by atoms with Gasteiger partial charge >= 0.3 is 0 Å². The van der Waals surface area contributed by atoms with Crippen molar-refractivity contribution in [1.29, 1.82) is 0 Å². The average Bonchev–Trinajstić information content (AvgIpc) is 3.14. The van der Waals surface area contributed by atoms with Gasteiger partial charge < -0.3 is 23.8 Å². The van der Waals surface area contributed by atoms with Gasteiger partial charge in [0.15, 0.2) is 11.5 Å². The van der Waals surface area contributed by atoms with E-state index in [9.17, 15) is 4.79 Å². The van der Waals surface area contributed by atoms with Gasteiger partial charge in [0, 0.05) is 31.3 Å². The van der Waals surface area contributed by atoms with Crippen LogP contribution in [0.25, 0.3) is 6.08 Å². The molecule has 1 heterocycles. The van der Waals surface area contributed by atoms with Crippen molar-refractivity contribution in [3.05, 3.63) is 46.5 Å². The number of ketones is 1. The summed E-state index contributed by atoms with van der Waals surface area (Å²) in [5.74, 6) is 2.13. The van der Waals surface area contributed by atoms with E-state index in [0.29, 0.717) is 40.7 Å². The van der Waals surface area contributed by atoms with Gasteiger partial charge in [-0.2, -0.15) is 0 Å². The van der Waals surface area contributed by atoms with Gasteiger partial charge in [-0.25, -0.2) is 0 Å². The summed E-state index contributed by atoms with van der Waals surface area (Å²) in [7, 11) is 5.32. The molecular weight excluding hydrogens is 382 g/mol. The van der Waals surface area contributed by atoms with Crippen LogP contribution in [0.15, 0.2) is 35.4 Å². The predicted molar refractivity (Wildman–Crippen MR) is 109 cm³/mol. The average molecular weight is 404 g/mol. The molecule has 0 spiro atoms. The normalized spacial score (nSPS) is 12.7. The first-order valence-corrected chi connectivity index (χ1v) is 9.16. The summed E-state index contributed by atoms with van der Waals surface area (Å²) in [4.78, 5) is 14.8. The van der Waals surface area contributed by atoms with Crippen LogP contribution in [0.4, 0.5) is 5.69 Å². The van der Waals surface area contributed by atoms with E-state index >= 15 is 0 Å². The SMILES string of the molecule is CCOc1ccc(C(=O)/C(Cl)=C\c2cc3c(cc2OC)OCO3)cc1N(C)C. The molecule has 2 aromatic carbocycles. The van der Waals surface area contributed by atoms with Gasteiger partial charge in [0.05, 0.1) is 24.4 Å². The van der Waals surface area contributed by atoms with E-state index in [1.165, 1.54) is 0 Å². The van der Waals surface area contributed by atoms with Gasteiger partial charge in [-0.3, -0.25) is 4.79 Å². The molecule has 0 N–H and O–H groups in total. The molecule has 0 radical (unpaired) electrons. The van der Waals surface area contributed by atoms with Crippen molar-refractivity contribution in [3.8, 4) is 23.0 Å².